The molecular weight excluding hydrogens is 268 g/mol. The fourth-order valence-electron chi connectivity index (χ4n) is 1.65. The molecule has 0 atom stereocenters. The van der Waals surface area contributed by atoms with Gasteiger partial charge in [0.15, 0.2) is 0 Å². The topological polar surface area (TPSA) is 79.6 Å². The summed E-state index contributed by atoms with van der Waals surface area (Å²) in [5.74, 6) is -1.15. The van der Waals surface area contributed by atoms with Crippen LogP contribution in [0, 0.1) is 0 Å². The van der Waals surface area contributed by atoms with E-state index in [1.165, 1.54) is 30.0 Å². The molecule has 0 aliphatic carbocycles. The van der Waals surface area contributed by atoms with Gasteiger partial charge in [-0.1, -0.05) is 6.08 Å². The SMILES string of the molecule is C=CCN(C)S(=O)(=O)c1cc(C(=O)O)n(C(C)C)c1. The van der Waals surface area contributed by atoms with Crippen molar-refractivity contribution >= 4 is 16.0 Å². The molecule has 0 bridgehead atoms. The van der Waals surface area contributed by atoms with Crippen molar-refractivity contribution in [3.05, 3.63) is 30.6 Å². The van der Waals surface area contributed by atoms with Gasteiger partial charge >= 0.3 is 5.97 Å². The van der Waals surface area contributed by atoms with E-state index in [2.05, 4.69) is 6.58 Å². The first kappa shape index (κ1) is 15.5. The summed E-state index contributed by atoms with van der Waals surface area (Å²) >= 11 is 0. The van der Waals surface area contributed by atoms with Gasteiger partial charge in [-0.15, -0.1) is 6.58 Å². The standard InChI is InChI=1S/C12H18N2O4S/c1-5-6-13(4)19(17,18)10-7-11(12(15)16)14(8-10)9(2)3/h5,7-9H,1,6H2,2-4H3,(H,15,16). The minimum Gasteiger partial charge on any atom is -0.477 e. The third-order valence-corrected chi connectivity index (χ3v) is 4.48. The summed E-state index contributed by atoms with van der Waals surface area (Å²) in [7, 11) is -2.27. The molecule has 0 amide bonds. The number of hydrogen-bond acceptors (Lipinski definition) is 3. The van der Waals surface area contributed by atoms with E-state index in [0.29, 0.717) is 0 Å². The number of hydrogen-bond donors (Lipinski definition) is 1. The summed E-state index contributed by atoms with van der Waals surface area (Å²) in [6, 6.07) is 1.04. The Balaban J connectivity index is 3.33. The van der Waals surface area contributed by atoms with Crippen LogP contribution in [0.15, 0.2) is 29.8 Å². The van der Waals surface area contributed by atoms with Gasteiger partial charge in [-0.3, -0.25) is 0 Å². The van der Waals surface area contributed by atoms with Crippen molar-refractivity contribution in [1.29, 1.82) is 0 Å². The third-order valence-electron chi connectivity index (χ3n) is 2.69. The van der Waals surface area contributed by atoms with E-state index in [9.17, 15) is 13.2 Å². The van der Waals surface area contributed by atoms with Crippen LogP contribution in [0.25, 0.3) is 0 Å². The summed E-state index contributed by atoms with van der Waals surface area (Å²) in [6.07, 6.45) is 2.82. The summed E-state index contributed by atoms with van der Waals surface area (Å²) in [5.41, 5.74) is -0.0411. The Morgan fingerprint density at radius 3 is 2.53 bits per heavy atom. The lowest BCUT2D eigenvalue weighted by molar-refractivity contribution is 0.0683. The minimum atomic E-state index is -3.69. The number of aromatic carboxylic acids is 1. The van der Waals surface area contributed by atoms with Gasteiger partial charge in [0.1, 0.15) is 10.6 Å². The highest BCUT2D eigenvalue weighted by molar-refractivity contribution is 7.89. The molecule has 0 aliphatic rings. The molecule has 1 heterocycles. The fourth-order valence-corrected chi connectivity index (χ4v) is 2.82. The fraction of sp³-hybridized carbons (Fsp3) is 0.417. The molecule has 1 rings (SSSR count). The van der Waals surface area contributed by atoms with E-state index in [4.69, 9.17) is 5.11 Å². The van der Waals surface area contributed by atoms with Gasteiger partial charge in [-0.2, -0.15) is 4.31 Å². The van der Waals surface area contributed by atoms with Crippen molar-refractivity contribution < 1.29 is 18.3 Å². The van der Waals surface area contributed by atoms with Crippen LogP contribution in [0.3, 0.4) is 0 Å². The summed E-state index contributed by atoms with van der Waals surface area (Å²) in [4.78, 5) is 11.1. The lowest BCUT2D eigenvalue weighted by Gasteiger charge is -2.13. The first-order valence-electron chi connectivity index (χ1n) is 5.74. The molecule has 0 aliphatic heterocycles. The van der Waals surface area contributed by atoms with Crippen molar-refractivity contribution in [3.63, 3.8) is 0 Å². The van der Waals surface area contributed by atoms with Crippen molar-refractivity contribution in [3.8, 4) is 0 Å². The Bertz CT molecular complexity index is 587. The maximum atomic E-state index is 12.2. The molecule has 7 heteroatoms. The quantitative estimate of drug-likeness (QED) is 0.805. The van der Waals surface area contributed by atoms with E-state index >= 15 is 0 Å². The lowest BCUT2D eigenvalue weighted by atomic mass is 10.3. The van der Waals surface area contributed by atoms with Crippen LogP contribution < -0.4 is 0 Å². The predicted octanol–water partition coefficient (Wildman–Crippen LogP) is 1.57. The van der Waals surface area contributed by atoms with E-state index < -0.39 is 16.0 Å². The highest BCUT2D eigenvalue weighted by atomic mass is 32.2. The zero-order chi connectivity index (χ0) is 14.8. The molecule has 19 heavy (non-hydrogen) atoms. The van der Waals surface area contributed by atoms with Crippen molar-refractivity contribution in [2.45, 2.75) is 24.8 Å². The smallest absolute Gasteiger partial charge is 0.352 e. The Morgan fingerprint density at radius 1 is 1.58 bits per heavy atom. The van der Waals surface area contributed by atoms with Crippen LogP contribution in [-0.2, 0) is 10.0 Å². The molecular formula is C12H18N2O4S. The zero-order valence-corrected chi connectivity index (χ0v) is 12.0. The monoisotopic (exact) mass is 286 g/mol. The summed E-state index contributed by atoms with van der Waals surface area (Å²) in [6.45, 7) is 7.22. The number of carboxylic acid groups (broad SMARTS) is 1. The van der Waals surface area contributed by atoms with Gasteiger partial charge in [0, 0.05) is 25.8 Å². The first-order chi connectivity index (χ1) is 8.71. The number of carboxylic acids is 1. The van der Waals surface area contributed by atoms with Gasteiger partial charge in [-0.25, -0.2) is 13.2 Å². The van der Waals surface area contributed by atoms with Gasteiger partial charge in [0.05, 0.1) is 0 Å². The predicted molar refractivity (Wildman–Crippen MR) is 71.8 cm³/mol. The number of likely N-dealkylation sites (N-methyl/N-ethyl adjacent to an activating group) is 1. The average molecular weight is 286 g/mol. The molecule has 6 nitrogen and oxygen atoms in total. The van der Waals surface area contributed by atoms with Crippen LogP contribution in [-0.4, -0.2) is 42.0 Å². The Hall–Kier alpha value is -1.60. The maximum Gasteiger partial charge on any atom is 0.352 e. The van der Waals surface area contributed by atoms with Gasteiger partial charge < -0.3 is 9.67 Å². The molecule has 106 valence electrons. The Labute approximate surface area is 113 Å². The zero-order valence-electron chi connectivity index (χ0n) is 11.2. The van der Waals surface area contributed by atoms with Gasteiger partial charge in [-0.05, 0) is 19.9 Å². The summed E-state index contributed by atoms with van der Waals surface area (Å²) < 4.78 is 27.0. The molecule has 0 fully saturated rings. The number of carbonyl (C=O) groups is 1. The highest BCUT2D eigenvalue weighted by Gasteiger charge is 2.25. The number of rotatable bonds is 6. The second-order valence-electron chi connectivity index (χ2n) is 4.44. The first-order valence-corrected chi connectivity index (χ1v) is 7.18. The highest BCUT2D eigenvalue weighted by Crippen LogP contribution is 2.21. The molecule has 0 saturated heterocycles. The van der Waals surface area contributed by atoms with Gasteiger partial charge in [0.25, 0.3) is 0 Å². The van der Waals surface area contributed by atoms with Crippen LogP contribution >= 0.6 is 0 Å². The van der Waals surface area contributed by atoms with Crippen LogP contribution in [0.2, 0.25) is 0 Å². The van der Waals surface area contributed by atoms with Crippen LogP contribution in [0.1, 0.15) is 30.4 Å². The van der Waals surface area contributed by atoms with Crippen LogP contribution in [0.5, 0.6) is 0 Å². The number of aromatic nitrogens is 1. The minimum absolute atomic E-state index is 0.0250. The molecule has 0 spiro atoms. The molecule has 1 aromatic heterocycles. The van der Waals surface area contributed by atoms with Crippen molar-refractivity contribution in [2.75, 3.05) is 13.6 Å². The molecule has 1 aromatic rings. The van der Waals surface area contributed by atoms with E-state index in [1.54, 1.807) is 13.8 Å². The molecule has 0 aromatic carbocycles. The van der Waals surface area contributed by atoms with E-state index in [-0.39, 0.29) is 23.2 Å². The third kappa shape index (κ3) is 3.05. The number of sulfonamides is 1. The average Bonchev–Trinajstić information content (AvgIpc) is 2.74. The second-order valence-corrected chi connectivity index (χ2v) is 6.49. The molecule has 0 saturated carbocycles. The molecule has 1 N–H and O–H groups in total. The summed E-state index contributed by atoms with van der Waals surface area (Å²) in [5, 5.41) is 9.09. The molecule has 0 unspecified atom stereocenters. The normalized spacial score (nSPS) is 12.1. The largest absolute Gasteiger partial charge is 0.477 e. The number of nitrogens with zero attached hydrogens (tertiary/aromatic N) is 2. The van der Waals surface area contributed by atoms with E-state index in [1.807, 2.05) is 0 Å². The van der Waals surface area contributed by atoms with Gasteiger partial charge in [0.2, 0.25) is 10.0 Å². The van der Waals surface area contributed by atoms with Crippen molar-refractivity contribution in [2.24, 2.45) is 0 Å². The lowest BCUT2D eigenvalue weighted by Crippen LogP contribution is -2.26. The van der Waals surface area contributed by atoms with Crippen LogP contribution in [0.4, 0.5) is 0 Å². The molecule has 0 radical (unpaired) electrons. The second kappa shape index (κ2) is 5.58. The Kier molecular flexibility index (Phi) is 4.54. The van der Waals surface area contributed by atoms with E-state index in [0.717, 1.165) is 4.31 Å². The Morgan fingerprint density at radius 2 is 2.16 bits per heavy atom. The van der Waals surface area contributed by atoms with Crippen molar-refractivity contribution in [1.82, 2.24) is 8.87 Å². The maximum absolute atomic E-state index is 12.2.